The number of hydrogen-bond donors (Lipinski definition) is 2. The van der Waals surface area contributed by atoms with E-state index in [4.69, 9.17) is 6.42 Å². The van der Waals surface area contributed by atoms with Crippen molar-refractivity contribution < 1.29 is 4.79 Å². The summed E-state index contributed by atoms with van der Waals surface area (Å²) in [5, 5.41) is 12.1. The number of aromatic nitrogens is 2. The second-order valence-corrected chi connectivity index (χ2v) is 5.70. The molecule has 6 nitrogen and oxygen atoms in total. The molecule has 1 aliphatic heterocycles. The second kappa shape index (κ2) is 6.61. The third-order valence-electron chi connectivity index (χ3n) is 4.06. The Labute approximate surface area is 134 Å². The number of nitrogens with one attached hydrogen (secondary N) is 2. The smallest absolute Gasteiger partial charge is 0.220 e. The summed E-state index contributed by atoms with van der Waals surface area (Å²) in [4.78, 5) is 19.3. The van der Waals surface area contributed by atoms with Gasteiger partial charge in [-0.15, -0.1) is 12.3 Å². The standard InChI is InChI=1S/C17H19N5O/c1-2-3-8-17(21-22-17)9-6-15(23)18-11-7-13-12-20-16-14(13)5-4-10-19-16/h1,4-5,10,12H,3,6-9,11H2,(H,18,23)(H,19,20). The van der Waals surface area contributed by atoms with Crippen molar-refractivity contribution in [2.24, 2.45) is 10.2 Å². The maximum absolute atomic E-state index is 11.9. The molecule has 0 unspecified atom stereocenters. The van der Waals surface area contributed by atoms with Crippen LogP contribution in [0.1, 0.15) is 31.2 Å². The summed E-state index contributed by atoms with van der Waals surface area (Å²) in [7, 11) is 0. The predicted molar refractivity (Wildman–Crippen MR) is 87.7 cm³/mol. The Hall–Kier alpha value is -2.68. The van der Waals surface area contributed by atoms with E-state index in [1.54, 1.807) is 6.20 Å². The summed E-state index contributed by atoms with van der Waals surface area (Å²) in [5.41, 5.74) is 1.65. The summed E-state index contributed by atoms with van der Waals surface area (Å²) in [6, 6.07) is 3.94. The molecule has 3 heterocycles. The number of fused-ring (bicyclic) bond motifs is 1. The van der Waals surface area contributed by atoms with Crippen molar-refractivity contribution in [3.8, 4) is 12.3 Å². The van der Waals surface area contributed by atoms with Gasteiger partial charge in [0.2, 0.25) is 5.91 Å². The monoisotopic (exact) mass is 309 g/mol. The van der Waals surface area contributed by atoms with Crippen LogP contribution in [0.25, 0.3) is 11.0 Å². The molecule has 118 valence electrons. The molecule has 0 atom stereocenters. The zero-order chi connectivity index (χ0) is 16.1. The van der Waals surface area contributed by atoms with Crippen LogP contribution in [0.5, 0.6) is 0 Å². The quantitative estimate of drug-likeness (QED) is 0.735. The number of pyridine rings is 1. The number of terminal acetylenes is 1. The summed E-state index contributed by atoms with van der Waals surface area (Å²) in [6.07, 6.45) is 12.2. The number of amides is 1. The van der Waals surface area contributed by atoms with Gasteiger partial charge in [0.25, 0.3) is 0 Å². The molecule has 2 aromatic rings. The first-order valence-corrected chi connectivity index (χ1v) is 7.78. The number of nitrogens with zero attached hydrogens (tertiary/aromatic N) is 3. The Kier molecular flexibility index (Phi) is 4.38. The van der Waals surface area contributed by atoms with E-state index in [0.29, 0.717) is 25.8 Å². The van der Waals surface area contributed by atoms with Crippen LogP contribution in [0.4, 0.5) is 0 Å². The topological polar surface area (TPSA) is 82.5 Å². The fourth-order valence-electron chi connectivity index (χ4n) is 2.63. The fraction of sp³-hybridized carbons (Fsp3) is 0.412. The number of carbonyl (C=O) groups excluding carboxylic acids is 1. The van der Waals surface area contributed by atoms with Crippen LogP contribution in [0.15, 0.2) is 34.8 Å². The number of hydrogen-bond acceptors (Lipinski definition) is 4. The highest BCUT2D eigenvalue weighted by molar-refractivity contribution is 5.79. The van der Waals surface area contributed by atoms with E-state index < -0.39 is 0 Å². The average Bonchev–Trinajstić information content (AvgIpc) is 3.24. The van der Waals surface area contributed by atoms with E-state index in [0.717, 1.165) is 29.4 Å². The number of rotatable bonds is 8. The van der Waals surface area contributed by atoms with Crippen molar-refractivity contribution in [3.63, 3.8) is 0 Å². The first-order valence-electron chi connectivity index (χ1n) is 7.78. The van der Waals surface area contributed by atoms with Gasteiger partial charge < -0.3 is 10.3 Å². The lowest BCUT2D eigenvalue weighted by Crippen LogP contribution is -2.27. The molecule has 0 fully saturated rings. The molecule has 3 rings (SSSR count). The molecule has 1 aliphatic rings. The largest absolute Gasteiger partial charge is 0.356 e. The molecule has 0 bridgehead atoms. The van der Waals surface area contributed by atoms with Gasteiger partial charge in [0.15, 0.2) is 5.66 Å². The van der Waals surface area contributed by atoms with E-state index in [2.05, 4.69) is 31.4 Å². The molecular weight excluding hydrogens is 290 g/mol. The summed E-state index contributed by atoms with van der Waals surface area (Å²) in [6.45, 7) is 0.603. The fourth-order valence-corrected chi connectivity index (χ4v) is 2.63. The second-order valence-electron chi connectivity index (χ2n) is 5.70. The van der Waals surface area contributed by atoms with Crippen LogP contribution in [0.2, 0.25) is 0 Å². The molecule has 2 N–H and O–H groups in total. The van der Waals surface area contributed by atoms with Crippen molar-refractivity contribution >= 4 is 16.9 Å². The molecule has 0 radical (unpaired) electrons. The van der Waals surface area contributed by atoms with Crippen molar-refractivity contribution in [2.45, 2.75) is 37.8 Å². The number of aromatic amines is 1. The summed E-state index contributed by atoms with van der Waals surface area (Å²) < 4.78 is 0. The molecule has 6 heteroatoms. The third kappa shape index (κ3) is 3.75. The van der Waals surface area contributed by atoms with Crippen LogP contribution in [-0.2, 0) is 11.2 Å². The Morgan fingerprint density at radius 2 is 2.26 bits per heavy atom. The molecule has 0 spiro atoms. The normalized spacial score (nSPS) is 14.6. The first-order chi connectivity index (χ1) is 11.2. The van der Waals surface area contributed by atoms with Crippen LogP contribution in [0, 0.1) is 12.3 Å². The molecule has 0 aromatic carbocycles. The minimum Gasteiger partial charge on any atom is -0.356 e. The highest BCUT2D eigenvalue weighted by Crippen LogP contribution is 2.37. The molecule has 2 aromatic heterocycles. The Morgan fingerprint density at radius 1 is 1.39 bits per heavy atom. The van der Waals surface area contributed by atoms with Gasteiger partial charge in [0.1, 0.15) is 5.65 Å². The van der Waals surface area contributed by atoms with Crippen LogP contribution in [-0.4, -0.2) is 28.1 Å². The van der Waals surface area contributed by atoms with Gasteiger partial charge in [-0.25, -0.2) is 4.98 Å². The van der Waals surface area contributed by atoms with Gasteiger partial charge >= 0.3 is 0 Å². The highest BCUT2D eigenvalue weighted by atomic mass is 16.1. The Morgan fingerprint density at radius 3 is 3.04 bits per heavy atom. The number of H-pyrrole nitrogens is 1. The SMILES string of the molecule is C#CCCC1(CCC(=O)NCCc2c[nH]c3ncccc23)N=N1. The van der Waals surface area contributed by atoms with Gasteiger partial charge in [0, 0.05) is 50.0 Å². The highest BCUT2D eigenvalue weighted by Gasteiger charge is 2.39. The summed E-state index contributed by atoms with van der Waals surface area (Å²) in [5.74, 6) is 2.62. The predicted octanol–water partition coefficient (Wildman–Crippen LogP) is 2.58. The van der Waals surface area contributed by atoms with E-state index >= 15 is 0 Å². The Balaban J connectivity index is 1.41. The molecule has 0 saturated carbocycles. The van der Waals surface area contributed by atoms with Crippen molar-refractivity contribution in [1.29, 1.82) is 0 Å². The molecule has 0 aliphatic carbocycles. The molecule has 0 saturated heterocycles. The van der Waals surface area contributed by atoms with Crippen LogP contribution in [0.3, 0.4) is 0 Å². The number of carbonyl (C=O) groups is 1. The average molecular weight is 309 g/mol. The van der Waals surface area contributed by atoms with Gasteiger partial charge in [-0.2, -0.15) is 10.2 Å². The lowest BCUT2D eigenvalue weighted by Gasteiger charge is -2.09. The first kappa shape index (κ1) is 15.2. The van der Waals surface area contributed by atoms with Gasteiger partial charge in [-0.3, -0.25) is 4.79 Å². The van der Waals surface area contributed by atoms with Gasteiger partial charge in [-0.1, -0.05) is 0 Å². The van der Waals surface area contributed by atoms with Crippen LogP contribution < -0.4 is 5.32 Å². The zero-order valence-electron chi connectivity index (χ0n) is 12.9. The Bertz CT molecular complexity index is 765. The molecular formula is C17H19N5O. The van der Waals surface area contributed by atoms with E-state index in [1.807, 2.05) is 18.3 Å². The lowest BCUT2D eigenvalue weighted by atomic mass is 10.0. The summed E-state index contributed by atoms with van der Waals surface area (Å²) >= 11 is 0. The van der Waals surface area contributed by atoms with Crippen molar-refractivity contribution in [3.05, 3.63) is 30.1 Å². The molecule has 23 heavy (non-hydrogen) atoms. The molecule has 1 amide bonds. The lowest BCUT2D eigenvalue weighted by molar-refractivity contribution is -0.121. The third-order valence-corrected chi connectivity index (χ3v) is 4.06. The van der Waals surface area contributed by atoms with E-state index in [1.165, 1.54) is 0 Å². The van der Waals surface area contributed by atoms with E-state index in [-0.39, 0.29) is 11.6 Å². The van der Waals surface area contributed by atoms with Gasteiger partial charge in [-0.05, 0) is 24.1 Å². The van der Waals surface area contributed by atoms with E-state index in [9.17, 15) is 4.79 Å². The maximum atomic E-state index is 11.9. The maximum Gasteiger partial charge on any atom is 0.220 e. The zero-order valence-corrected chi connectivity index (χ0v) is 12.9. The van der Waals surface area contributed by atoms with Crippen molar-refractivity contribution in [1.82, 2.24) is 15.3 Å². The minimum absolute atomic E-state index is 0.0281. The van der Waals surface area contributed by atoms with Crippen molar-refractivity contribution in [2.75, 3.05) is 6.54 Å². The minimum atomic E-state index is -0.383. The van der Waals surface area contributed by atoms with Crippen LogP contribution >= 0.6 is 0 Å². The van der Waals surface area contributed by atoms with Gasteiger partial charge in [0.05, 0.1) is 0 Å².